The molecule has 1 aliphatic rings. The van der Waals surface area contributed by atoms with Crippen LogP contribution in [0.15, 0.2) is 6.20 Å². The molecule has 1 aliphatic carbocycles. The molecule has 0 aliphatic heterocycles. The minimum absolute atomic E-state index is 0.693. The van der Waals surface area contributed by atoms with Crippen molar-refractivity contribution in [1.29, 1.82) is 0 Å². The van der Waals surface area contributed by atoms with Crippen LogP contribution in [0.3, 0.4) is 0 Å². The van der Waals surface area contributed by atoms with E-state index in [-0.39, 0.29) is 0 Å². The second-order valence-corrected chi connectivity index (χ2v) is 3.64. The van der Waals surface area contributed by atoms with Gasteiger partial charge >= 0.3 is 0 Å². The van der Waals surface area contributed by atoms with Crippen molar-refractivity contribution in [2.45, 2.75) is 38.6 Å². The summed E-state index contributed by atoms with van der Waals surface area (Å²) >= 11 is 0. The van der Waals surface area contributed by atoms with E-state index in [2.05, 4.69) is 16.5 Å². The highest BCUT2D eigenvalue weighted by molar-refractivity contribution is 5.20. The first kappa shape index (κ1) is 7.65. The van der Waals surface area contributed by atoms with Crippen LogP contribution in [0.4, 0.5) is 5.82 Å². The highest BCUT2D eigenvalue weighted by atomic mass is 15.1. The molecule has 3 N–H and O–H groups in total. The Morgan fingerprint density at radius 3 is 2.67 bits per heavy atom. The largest absolute Gasteiger partial charge is 0.363 e. The number of aromatic amines is 1. The Kier molecular flexibility index (Phi) is 1.79. The van der Waals surface area contributed by atoms with Crippen LogP contribution >= 0.6 is 0 Å². The summed E-state index contributed by atoms with van der Waals surface area (Å²) in [5, 5.41) is 0. The van der Waals surface area contributed by atoms with Crippen molar-refractivity contribution in [1.82, 2.24) is 4.98 Å². The zero-order valence-corrected chi connectivity index (χ0v) is 7.51. The maximum absolute atomic E-state index is 5.67. The van der Waals surface area contributed by atoms with Crippen LogP contribution in [0.5, 0.6) is 0 Å². The van der Waals surface area contributed by atoms with Gasteiger partial charge in [-0.1, -0.05) is 0 Å². The van der Waals surface area contributed by atoms with E-state index in [9.17, 15) is 0 Å². The number of nitrogens with one attached hydrogen (secondary N) is 1. The molecule has 0 aromatic carbocycles. The minimum atomic E-state index is 0.693. The first-order valence-electron chi connectivity index (χ1n) is 4.63. The lowest BCUT2D eigenvalue weighted by Crippen LogP contribution is -2.38. The number of anilines is 1. The summed E-state index contributed by atoms with van der Waals surface area (Å²) in [6, 6.07) is 0.693. The number of aromatic nitrogens is 2. The fourth-order valence-corrected chi connectivity index (χ4v) is 2.11. The van der Waals surface area contributed by atoms with E-state index in [0.29, 0.717) is 6.04 Å². The summed E-state index contributed by atoms with van der Waals surface area (Å²) in [7, 11) is 0. The molecule has 0 atom stereocenters. The van der Waals surface area contributed by atoms with Gasteiger partial charge in [0.2, 0.25) is 5.82 Å². The fraction of sp³-hybridized carbons (Fsp3) is 0.667. The van der Waals surface area contributed by atoms with Gasteiger partial charge in [-0.05, 0) is 25.7 Å². The average molecular weight is 166 g/mol. The van der Waals surface area contributed by atoms with Crippen molar-refractivity contribution in [3.05, 3.63) is 12.0 Å². The SMILES string of the molecule is Cc1[nH]c(N)c[n+]1C1CCCC1. The highest BCUT2D eigenvalue weighted by Crippen LogP contribution is 2.25. The molecule has 66 valence electrons. The number of hydrogen-bond donors (Lipinski definition) is 2. The summed E-state index contributed by atoms with van der Waals surface area (Å²) in [5.41, 5.74) is 5.67. The lowest BCUT2D eigenvalue weighted by molar-refractivity contribution is -0.725. The Morgan fingerprint density at radius 2 is 2.17 bits per heavy atom. The molecule has 0 unspecified atom stereocenters. The molecule has 1 saturated carbocycles. The van der Waals surface area contributed by atoms with Crippen molar-refractivity contribution in [3.63, 3.8) is 0 Å². The predicted molar refractivity (Wildman–Crippen MR) is 47.6 cm³/mol. The molecule has 0 saturated heterocycles. The monoisotopic (exact) mass is 166 g/mol. The Hall–Kier alpha value is -0.990. The smallest absolute Gasteiger partial charge is 0.252 e. The van der Waals surface area contributed by atoms with Gasteiger partial charge in [-0.15, -0.1) is 0 Å². The fourth-order valence-electron chi connectivity index (χ4n) is 2.11. The predicted octanol–water partition coefficient (Wildman–Crippen LogP) is 1.31. The van der Waals surface area contributed by atoms with Crippen LogP contribution in [-0.4, -0.2) is 4.98 Å². The van der Waals surface area contributed by atoms with Gasteiger partial charge in [0.1, 0.15) is 6.04 Å². The Bertz CT molecular complexity index is 271. The quantitative estimate of drug-likeness (QED) is 0.607. The number of nitrogens with two attached hydrogens (primary N) is 1. The van der Waals surface area contributed by atoms with Crippen molar-refractivity contribution >= 4 is 5.82 Å². The topological polar surface area (TPSA) is 45.7 Å². The first-order valence-corrected chi connectivity index (χ1v) is 4.63. The van der Waals surface area contributed by atoms with Gasteiger partial charge in [-0.25, -0.2) is 9.55 Å². The van der Waals surface area contributed by atoms with E-state index in [4.69, 9.17) is 5.73 Å². The molecule has 0 amide bonds. The normalized spacial score (nSPS) is 18.8. The van der Waals surface area contributed by atoms with E-state index in [0.717, 1.165) is 5.82 Å². The molecule has 1 aromatic heterocycles. The van der Waals surface area contributed by atoms with Crippen LogP contribution in [0.25, 0.3) is 0 Å². The maximum atomic E-state index is 5.67. The van der Waals surface area contributed by atoms with Crippen molar-refractivity contribution in [2.24, 2.45) is 0 Å². The second-order valence-electron chi connectivity index (χ2n) is 3.64. The number of imidazole rings is 1. The van der Waals surface area contributed by atoms with Gasteiger partial charge in [0.15, 0.2) is 6.20 Å². The van der Waals surface area contributed by atoms with E-state index in [1.165, 1.54) is 31.5 Å². The lowest BCUT2D eigenvalue weighted by atomic mass is 10.2. The number of hydrogen-bond acceptors (Lipinski definition) is 1. The lowest BCUT2D eigenvalue weighted by Gasteiger charge is -2.04. The van der Waals surface area contributed by atoms with Crippen molar-refractivity contribution < 1.29 is 4.57 Å². The van der Waals surface area contributed by atoms with Crippen LogP contribution in [-0.2, 0) is 0 Å². The molecule has 0 bridgehead atoms. The molecule has 12 heavy (non-hydrogen) atoms. The van der Waals surface area contributed by atoms with E-state index in [1.807, 2.05) is 6.20 Å². The molecule has 1 aromatic rings. The summed E-state index contributed by atoms with van der Waals surface area (Å²) in [6.07, 6.45) is 7.36. The summed E-state index contributed by atoms with van der Waals surface area (Å²) in [6.45, 7) is 2.08. The van der Waals surface area contributed by atoms with Crippen LogP contribution in [0.2, 0.25) is 0 Å². The number of H-pyrrole nitrogens is 1. The van der Waals surface area contributed by atoms with E-state index >= 15 is 0 Å². The third kappa shape index (κ3) is 1.19. The van der Waals surface area contributed by atoms with Crippen LogP contribution in [0, 0.1) is 6.92 Å². The van der Waals surface area contributed by atoms with Gasteiger partial charge < -0.3 is 5.73 Å². The minimum Gasteiger partial charge on any atom is -0.363 e. The molecule has 0 spiro atoms. The molecule has 1 fully saturated rings. The third-order valence-electron chi connectivity index (χ3n) is 2.71. The number of rotatable bonds is 1. The summed E-state index contributed by atoms with van der Waals surface area (Å²) in [4.78, 5) is 3.13. The highest BCUT2D eigenvalue weighted by Gasteiger charge is 2.23. The van der Waals surface area contributed by atoms with Crippen LogP contribution in [0.1, 0.15) is 37.5 Å². The number of nitrogen functional groups attached to an aromatic ring is 1. The molecule has 1 heterocycles. The van der Waals surface area contributed by atoms with Gasteiger partial charge in [0.05, 0.1) is 0 Å². The molecule has 3 nitrogen and oxygen atoms in total. The maximum Gasteiger partial charge on any atom is 0.252 e. The van der Waals surface area contributed by atoms with Gasteiger partial charge in [-0.2, -0.15) is 0 Å². The van der Waals surface area contributed by atoms with E-state index < -0.39 is 0 Å². The first-order chi connectivity index (χ1) is 5.77. The molecule has 3 heteroatoms. The van der Waals surface area contributed by atoms with Gasteiger partial charge in [0, 0.05) is 6.92 Å². The molecule has 2 rings (SSSR count). The second kappa shape index (κ2) is 2.81. The van der Waals surface area contributed by atoms with Crippen molar-refractivity contribution in [3.8, 4) is 0 Å². The third-order valence-corrected chi connectivity index (χ3v) is 2.71. The van der Waals surface area contributed by atoms with Gasteiger partial charge in [0.25, 0.3) is 5.82 Å². The van der Waals surface area contributed by atoms with Gasteiger partial charge in [-0.3, -0.25) is 0 Å². The van der Waals surface area contributed by atoms with E-state index in [1.54, 1.807) is 0 Å². The van der Waals surface area contributed by atoms with Crippen LogP contribution < -0.4 is 10.3 Å². The standard InChI is InChI=1S/C9H15N3/c1-7-11-9(10)6-12(7)8-4-2-3-5-8/h6,8H,2-5,10H2,1H3/p+1. The average Bonchev–Trinajstić information content (AvgIpc) is 2.58. The molecular formula is C9H16N3+. The summed E-state index contributed by atoms with van der Waals surface area (Å²) < 4.78 is 2.28. The Labute approximate surface area is 72.6 Å². The summed E-state index contributed by atoms with van der Waals surface area (Å²) in [5.74, 6) is 1.96. The molecule has 0 radical (unpaired) electrons. The Morgan fingerprint density at radius 1 is 1.50 bits per heavy atom. The van der Waals surface area contributed by atoms with Crippen molar-refractivity contribution in [2.75, 3.05) is 5.73 Å². The zero-order valence-electron chi connectivity index (χ0n) is 7.51. The number of nitrogens with zero attached hydrogens (tertiary/aromatic N) is 1. The molecular weight excluding hydrogens is 150 g/mol. The Balaban J connectivity index is 2.25. The number of aryl methyl sites for hydroxylation is 1. The zero-order chi connectivity index (χ0) is 8.55.